The summed E-state index contributed by atoms with van der Waals surface area (Å²) in [5, 5.41) is 5.30. The lowest BCUT2D eigenvalue weighted by atomic mass is 10.1. The molecule has 2 aromatic rings. The second-order valence-electron chi connectivity index (χ2n) is 5.51. The molecule has 0 atom stereocenters. The molecule has 0 bridgehead atoms. The van der Waals surface area contributed by atoms with Crippen LogP contribution in [0.4, 0.5) is 5.13 Å². The van der Waals surface area contributed by atoms with E-state index >= 15 is 0 Å². The molecule has 1 fully saturated rings. The summed E-state index contributed by atoms with van der Waals surface area (Å²) >= 11 is 3.26. The van der Waals surface area contributed by atoms with E-state index in [2.05, 4.69) is 35.6 Å². The number of hydrogen-bond acceptors (Lipinski definition) is 5. The first kappa shape index (κ1) is 13.8. The van der Waals surface area contributed by atoms with Crippen LogP contribution in [0.15, 0.2) is 16.8 Å². The molecule has 1 saturated carbocycles. The molecule has 3 nitrogen and oxygen atoms in total. The number of aromatic nitrogens is 1. The topological polar surface area (TPSA) is 33.2 Å². The highest BCUT2D eigenvalue weighted by molar-refractivity contribution is 7.17. The predicted octanol–water partition coefficient (Wildman–Crippen LogP) is 4.31. The Morgan fingerprint density at radius 3 is 2.80 bits per heavy atom. The quantitative estimate of drug-likeness (QED) is 0.746. The van der Waals surface area contributed by atoms with Crippen molar-refractivity contribution in [2.45, 2.75) is 45.2 Å². The fourth-order valence-corrected chi connectivity index (χ4v) is 4.04. The lowest BCUT2D eigenvalue weighted by Gasteiger charge is -2.20. The highest BCUT2D eigenvalue weighted by Crippen LogP contribution is 2.37. The highest BCUT2D eigenvalue weighted by atomic mass is 32.1. The maximum Gasteiger partial charge on any atom is 0.186 e. The first-order chi connectivity index (χ1) is 9.69. The largest absolute Gasteiger partial charge is 0.341 e. The second-order valence-corrected chi connectivity index (χ2v) is 7.30. The molecule has 2 aromatic heterocycles. The summed E-state index contributed by atoms with van der Waals surface area (Å²) in [5.74, 6) is 0.294. The van der Waals surface area contributed by atoms with Crippen LogP contribution in [-0.2, 0) is 6.54 Å². The molecule has 0 unspecified atom stereocenters. The Morgan fingerprint density at radius 2 is 2.30 bits per heavy atom. The van der Waals surface area contributed by atoms with Crippen LogP contribution < -0.4 is 4.90 Å². The molecule has 20 heavy (non-hydrogen) atoms. The van der Waals surface area contributed by atoms with E-state index in [0.717, 1.165) is 28.5 Å². The predicted molar refractivity (Wildman–Crippen MR) is 85.1 cm³/mol. The summed E-state index contributed by atoms with van der Waals surface area (Å²) in [5.41, 5.74) is 2.27. The number of rotatable bonds is 6. The molecular formula is C15H18N2OS2. The zero-order valence-electron chi connectivity index (χ0n) is 11.7. The van der Waals surface area contributed by atoms with E-state index in [9.17, 15) is 4.79 Å². The van der Waals surface area contributed by atoms with Crippen molar-refractivity contribution in [1.82, 2.24) is 4.98 Å². The zero-order valence-corrected chi connectivity index (χ0v) is 13.3. The number of thiazole rings is 1. The number of hydrogen-bond donors (Lipinski definition) is 0. The zero-order chi connectivity index (χ0) is 14.1. The molecule has 0 aliphatic heterocycles. The van der Waals surface area contributed by atoms with Gasteiger partial charge in [-0.25, -0.2) is 4.98 Å². The van der Waals surface area contributed by atoms with E-state index in [-0.39, 0.29) is 0 Å². The number of thiophene rings is 1. The van der Waals surface area contributed by atoms with Crippen LogP contribution in [0.1, 0.15) is 53.5 Å². The van der Waals surface area contributed by atoms with E-state index in [1.54, 1.807) is 11.3 Å². The third-order valence-corrected chi connectivity index (χ3v) is 5.26. The maximum absolute atomic E-state index is 11.2. The van der Waals surface area contributed by atoms with Crippen LogP contribution in [0.5, 0.6) is 0 Å². The number of aldehydes is 1. The van der Waals surface area contributed by atoms with Gasteiger partial charge in [-0.3, -0.25) is 4.79 Å². The normalized spacial score (nSPS) is 14.8. The number of anilines is 1. The van der Waals surface area contributed by atoms with Crippen LogP contribution in [0, 0.1) is 0 Å². The number of nitrogens with zero attached hydrogens (tertiary/aromatic N) is 2. The Morgan fingerprint density at radius 1 is 1.50 bits per heavy atom. The highest BCUT2D eigenvalue weighted by Gasteiger charge is 2.32. The van der Waals surface area contributed by atoms with Crippen LogP contribution in [0.3, 0.4) is 0 Å². The van der Waals surface area contributed by atoms with Crippen LogP contribution in [-0.4, -0.2) is 17.3 Å². The first-order valence-corrected chi connectivity index (χ1v) is 8.68. The van der Waals surface area contributed by atoms with Gasteiger partial charge in [0, 0.05) is 12.6 Å². The van der Waals surface area contributed by atoms with Crippen molar-refractivity contribution in [3.05, 3.63) is 33.0 Å². The van der Waals surface area contributed by atoms with Crippen molar-refractivity contribution in [2.75, 3.05) is 4.90 Å². The lowest BCUT2D eigenvalue weighted by Crippen LogP contribution is -2.24. The van der Waals surface area contributed by atoms with Crippen molar-refractivity contribution in [2.24, 2.45) is 0 Å². The Bertz CT molecular complexity index is 585. The lowest BCUT2D eigenvalue weighted by molar-refractivity contribution is 0.112. The number of carbonyl (C=O) groups excluding carboxylic acids is 1. The van der Waals surface area contributed by atoms with E-state index < -0.39 is 0 Å². The first-order valence-electron chi connectivity index (χ1n) is 6.92. The minimum absolute atomic E-state index is 0.294. The minimum Gasteiger partial charge on any atom is -0.341 e. The fraction of sp³-hybridized carbons (Fsp3) is 0.467. The van der Waals surface area contributed by atoms with Gasteiger partial charge < -0.3 is 4.90 Å². The average molecular weight is 306 g/mol. The summed E-state index contributed by atoms with van der Waals surface area (Å²) < 4.78 is 0. The van der Waals surface area contributed by atoms with Crippen LogP contribution in [0.25, 0.3) is 0 Å². The van der Waals surface area contributed by atoms with Crippen molar-refractivity contribution >= 4 is 34.1 Å². The fourth-order valence-electron chi connectivity index (χ4n) is 2.27. The van der Waals surface area contributed by atoms with Gasteiger partial charge in [0.25, 0.3) is 0 Å². The molecule has 0 saturated heterocycles. The molecule has 5 heteroatoms. The maximum atomic E-state index is 11.2. The summed E-state index contributed by atoms with van der Waals surface area (Å²) in [4.78, 5) is 19.1. The summed E-state index contributed by atoms with van der Waals surface area (Å²) in [7, 11) is 0. The monoisotopic (exact) mass is 306 g/mol. The molecule has 2 heterocycles. The molecule has 0 N–H and O–H groups in total. The molecule has 0 spiro atoms. The molecule has 3 rings (SSSR count). The molecule has 106 valence electrons. The van der Waals surface area contributed by atoms with Gasteiger partial charge in [0.05, 0.1) is 10.6 Å². The summed E-state index contributed by atoms with van der Waals surface area (Å²) in [6.45, 7) is 5.08. The molecule has 0 amide bonds. The van der Waals surface area contributed by atoms with Gasteiger partial charge >= 0.3 is 0 Å². The number of carbonyl (C=O) groups is 1. The van der Waals surface area contributed by atoms with E-state index in [0.29, 0.717) is 12.0 Å². The van der Waals surface area contributed by atoms with Crippen LogP contribution >= 0.6 is 22.7 Å². The van der Waals surface area contributed by atoms with Crippen molar-refractivity contribution in [3.63, 3.8) is 0 Å². The third-order valence-electron chi connectivity index (χ3n) is 3.49. The minimum atomic E-state index is 0.294. The van der Waals surface area contributed by atoms with Crippen molar-refractivity contribution in [3.8, 4) is 0 Å². The molecule has 0 radical (unpaired) electrons. The standard InChI is InChI=1S/C15H18N2OS2/c1-10(2)14-13(8-18)20-15(16-14)17(12-3-4-12)7-11-5-6-19-9-11/h5-6,8-10,12H,3-4,7H2,1-2H3. The van der Waals surface area contributed by atoms with Gasteiger partial charge in [0.2, 0.25) is 0 Å². The van der Waals surface area contributed by atoms with Gasteiger partial charge in [0.15, 0.2) is 11.4 Å². The Hall–Kier alpha value is -1.20. The van der Waals surface area contributed by atoms with E-state index in [1.165, 1.54) is 29.7 Å². The average Bonchev–Trinajstić information content (AvgIpc) is 2.98. The summed E-state index contributed by atoms with van der Waals surface area (Å²) in [6.07, 6.45) is 3.42. The van der Waals surface area contributed by atoms with E-state index in [4.69, 9.17) is 4.98 Å². The van der Waals surface area contributed by atoms with Gasteiger partial charge in [-0.2, -0.15) is 11.3 Å². The van der Waals surface area contributed by atoms with Crippen LogP contribution in [0.2, 0.25) is 0 Å². The summed E-state index contributed by atoms with van der Waals surface area (Å²) in [6, 6.07) is 2.76. The molecule has 0 aromatic carbocycles. The Balaban J connectivity index is 1.89. The van der Waals surface area contributed by atoms with Gasteiger partial charge in [0.1, 0.15) is 0 Å². The molecule has 1 aliphatic carbocycles. The van der Waals surface area contributed by atoms with Crippen molar-refractivity contribution in [1.29, 1.82) is 0 Å². The van der Waals surface area contributed by atoms with Gasteiger partial charge in [-0.1, -0.05) is 25.2 Å². The molecular weight excluding hydrogens is 288 g/mol. The Labute approximate surface area is 127 Å². The smallest absolute Gasteiger partial charge is 0.186 e. The molecule has 1 aliphatic rings. The van der Waals surface area contributed by atoms with Gasteiger partial charge in [-0.05, 0) is 41.1 Å². The second kappa shape index (κ2) is 5.66. The van der Waals surface area contributed by atoms with E-state index in [1.807, 2.05) is 0 Å². The Kier molecular flexibility index (Phi) is 3.89. The van der Waals surface area contributed by atoms with Gasteiger partial charge in [-0.15, -0.1) is 0 Å². The van der Waals surface area contributed by atoms with Crippen molar-refractivity contribution < 1.29 is 4.79 Å². The third kappa shape index (κ3) is 2.79. The SMILES string of the molecule is CC(C)c1nc(N(Cc2ccsc2)C2CC2)sc1C=O.